The smallest absolute Gasteiger partial charge is 0.168 e. The molecule has 14 heavy (non-hydrogen) atoms. The van der Waals surface area contributed by atoms with E-state index in [-0.39, 0.29) is 11.5 Å². The molecule has 0 aliphatic carbocycles. The van der Waals surface area contributed by atoms with Crippen LogP contribution < -0.4 is 0 Å². The van der Waals surface area contributed by atoms with Gasteiger partial charge in [0, 0.05) is 6.42 Å². The number of Topliss-reactive ketones (excluding diaryl/α,β-unsaturated/α-hetero) is 1. The van der Waals surface area contributed by atoms with Gasteiger partial charge in [0.2, 0.25) is 0 Å². The van der Waals surface area contributed by atoms with Crippen molar-refractivity contribution < 1.29 is 9.90 Å². The molecule has 4 heteroatoms. The number of carbonyl (C=O) groups is 1. The maximum atomic E-state index is 11.5. The molecular formula is C10H10N2O2. The lowest BCUT2D eigenvalue weighted by Crippen LogP contribution is -1.98. The van der Waals surface area contributed by atoms with E-state index in [0.29, 0.717) is 17.5 Å². The Hall–Kier alpha value is -1.84. The standard InChI is InChI=1S/C10H10N2O2/c1-2-7(13)9-8(14)4-3-6-10(9)12-5-11-6/h3-5,14H,2H2,1H3,(H,11,12). The van der Waals surface area contributed by atoms with Crippen LogP contribution >= 0.6 is 0 Å². The van der Waals surface area contributed by atoms with Gasteiger partial charge in [0.25, 0.3) is 0 Å². The number of phenolic OH excluding ortho intramolecular Hbond substituents is 1. The highest BCUT2D eigenvalue weighted by Gasteiger charge is 2.14. The summed E-state index contributed by atoms with van der Waals surface area (Å²) < 4.78 is 0. The Bertz CT molecular complexity index is 488. The SMILES string of the molecule is CCC(=O)c1c(O)ccc2[nH]cnc12. The van der Waals surface area contributed by atoms with Gasteiger partial charge in [-0.15, -0.1) is 0 Å². The lowest BCUT2D eigenvalue weighted by molar-refractivity contribution is 0.0987. The number of imidazole rings is 1. The maximum Gasteiger partial charge on any atom is 0.168 e. The van der Waals surface area contributed by atoms with E-state index in [1.807, 2.05) is 0 Å². The molecule has 72 valence electrons. The van der Waals surface area contributed by atoms with Crippen LogP contribution in [0.3, 0.4) is 0 Å². The molecule has 0 saturated carbocycles. The molecule has 2 N–H and O–H groups in total. The number of aromatic hydroxyl groups is 1. The van der Waals surface area contributed by atoms with Crippen LogP contribution in [-0.4, -0.2) is 20.9 Å². The van der Waals surface area contributed by atoms with Crippen LogP contribution in [0.1, 0.15) is 23.7 Å². The topological polar surface area (TPSA) is 66.0 Å². The molecule has 0 aliphatic heterocycles. The predicted molar refractivity (Wildman–Crippen MR) is 52.4 cm³/mol. The number of benzene rings is 1. The van der Waals surface area contributed by atoms with Gasteiger partial charge in [0.15, 0.2) is 5.78 Å². The molecule has 2 aromatic rings. The van der Waals surface area contributed by atoms with E-state index in [9.17, 15) is 9.90 Å². The number of hydrogen-bond acceptors (Lipinski definition) is 3. The van der Waals surface area contributed by atoms with Gasteiger partial charge in [-0.05, 0) is 12.1 Å². The molecule has 1 heterocycles. The Labute approximate surface area is 80.6 Å². The minimum Gasteiger partial charge on any atom is -0.507 e. The van der Waals surface area contributed by atoms with Gasteiger partial charge >= 0.3 is 0 Å². The first-order chi connectivity index (χ1) is 6.74. The molecule has 0 aliphatic rings. The van der Waals surface area contributed by atoms with Crippen molar-refractivity contribution in [2.24, 2.45) is 0 Å². The molecule has 0 radical (unpaired) electrons. The van der Waals surface area contributed by atoms with Crippen LogP contribution in [0.25, 0.3) is 11.0 Å². The summed E-state index contributed by atoms with van der Waals surface area (Å²) in [7, 11) is 0. The van der Waals surface area contributed by atoms with Crippen LogP contribution in [-0.2, 0) is 0 Å². The van der Waals surface area contributed by atoms with Gasteiger partial charge in [-0.3, -0.25) is 4.79 Å². The quantitative estimate of drug-likeness (QED) is 0.710. The lowest BCUT2D eigenvalue weighted by atomic mass is 10.1. The maximum absolute atomic E-state index is 11.5. The number of rotatable bonds is 2. The first kappa shape index (κ1) is 8.74. The summed E-state index contributed by atoms with van der Waals surface area (Å²) in [6.45, 7) is 1.76. The summed E-state index contributed by atoms with van der Waals surface area (Å²) in [5, 5.41) is 9.55. The molecule has 0 amide bonds. The number of aromatic nitrogens is 2. The number of phenols is 1. The van der Waals surface area contributed by atoms with Gasteiger partial charge in [-0.25, -0.2) is 4.98 Å². The Kier molecular flexibility index (Phi) is 1.96. The largest absolute Gasteiger partial charge is 0.507 e. The predicted octanol–water partition coefficient (Wildman–Crippen LogP) is 1.86. The number of aromatic amines is 1. The molecule has 0 saturated heterocycles. The minimum atomic E-state index is -0.0970. The van der Waals surface area contributed by atoms with E-state index in [1.54, 1.807) is 13.0 Å². The van der Waals surface area contributed by atoms with E-state index in [0.717, 1.165) is 5.52 Å². The molecule has 4 nitrogen and oxygen atoms in total. The third kappa shape index (κ3) is 1.16. The summed E-state index contributed by atoms with van der Waals surface area (Å²) in [4.78, 5) is 18.4. The zero-order chi connectivity index (χ0) is 10.1. The summed E-state index contributed by atoms with van der Waals surface area (Å²) in [6, 6.07) is 3.20. The Morgan fingerprint density at radius 1 is 1.57 bits per heavy atom. The Morgan fingerprint density at radius 3 is 3.07 bits per heavy atom. The van der Waals surface area contributed by atoms with Gasteiger partial charge in [-0.1, -0.05) is 6.92 Å². The molecule has 1 aromatic heterocycles. The fourth-order valence-corrected chi connectivity index (χ4v) is 1.45. The zero-order valence-corrected chi connectivity index (χ0v) is 7.74. The highest BCUT2D eigenvalue weighted by molar-refractivity contribution is 6.08. The summed E-state index contributed by atoms with van der Waals surface area (Å²) in [5.41, 5.74) is 1.61. The normalized spacial score (nSPS) is 10.6. The monoisotopic (exact) mass is 190 g/mol. The number of carbonyl (C=O) groups excluding carboxylic acids is 1. The summed E-state index contributed by atoms with van der Waals surface area (Å²) >= 11 is 0. The first-order valence-electron chi connectivity index (χ1n) is 4.42. The van der Waals surface area contributed by atoms with E-state index < -0.39 is 0 Å². The fourth-order valence-electron chi connectivity index (χ4n) is 1.45. The molecule has 0 fully saturated rings. The molecule has 0 unspecified atom stereocenters. The number of nitrogens with zero attached hydrogens (tertiary/aromatic N) is 1. The Balaban J connectivity index is 2.76. The highest BCUT2D eigenvalue weighted by Crippen LogP contribution is 2.25. The third-order valence-electron chi connectivity index (χ3n) is 2.17. The second-order valence-electron chi connectivity index (χ2n) is 3.04. The molecule has 2 rings (SSSR count). The number of nitrogens with one attached hydrogen (secondary N) is 1. The van der Waals surface area contributed by atoms with Crippen LogP contribution in [0.2, 0.25) is 0 Å². The van der Waals surface area contributed by atoms with Crippen molar-refractivity contribution >= 4 is 16.8 Å². The minimum absolute atomic E-state index is 0.00329. The van der Waals surface area contributed by atoms with Crippen molar-refractivity contribution in [1.29, 1.82) is 0 Å². The van der Waals surface area contributed by atoms with Gasteiger partial charge in [-0.2, -0.15) is 0 Å². The van der Waals surface area contributed by atoms with E-state index >= 15 is 0 Å². The average molecular weight is 190 g/mol. The Morgan fingerprint density at radius 2 is 2.36 bits per heavy atom. The van der Waals surface area contributed by atoms with Crippen molar-refractivity contribution in [1.82, 2.24) is 9.97 Å². The second kappa shape index (κ2) is 3.14. The van der Waals surface area contributed by atoms with Crippen LogP contribution in [0.5, 0.6) is 5.75 Å². The number of ketones is 1. The average Bonchev–Trinajstić information content (AvgIpc) is 2.64. The fraction of sp³-hybridized carbons (Fsp3) is 0.200. The number of H-pyrrole nitrogens is 1. The summed E-state index contributed by atoms with van der Waals surface area (Å²) in [6.07, 6.45) is 1.87. The van der Waals surface area contributed by atoms with E-state index in [2.05, 4.69) is 9.97 Å². The molecular weight excluding hydrogens is 180 g/mol. The van der Waals surface area contributed by atoms with Gasteiger partial charge in [0.05, 0.1) is 17.4 Å². The molecule has 0 spiro atoms. The van der Waals surface area contributed by atoms with Crippen LogP contribution in [0, 0.1) is 0 Å². The van der Waals surface area contributed by atoms with Crippen molar-refractivity contribution in [3.63, 3.8) is 0 Å². The van der Waals surface area contributed by atoms with Crippen LogP contribution in [0.4, 0.5) is 0 Å². The van der Waals surface area contributed by atoms with E-state index in [4.69, 9.17) is 0 Å². The molecule has 0 atom stereocenters. The van der Waals surface area contributed by atoms with Crippen molar-refractivity contribution in [2.75, 3.05) is 0 Å². The summed E-state index contributed by atoms with van der Waals surface area (Å²) in [5.74, 6) is -0.100. The van der Waals surface area contributed by atoms with E-state index in [1.165, 1.54) is 12.4 Å². The molecule has 0 bridgehead atoms. The number of hydrogen-bond donors (Lipinski definition) is 2. The second-order valence-corrected chi connectivity index (χ2v) is 3.04. The van der Waals surface area contributed by atoms with Gasteiger partial charge in [0.1, 0.15) is 11.3 Å². The lowest BCUT2D eigenvalue weighted by Gasteiger charge is -2.02. The number of fused-ring (bicyclic) bond motifs is 1. The van der Waals surface area contributed by atoms with Crippen molar-refractivity contribution in [2.45, 2.75) is 13.3 Å². The first-order valence-corrected chi connectivity index (χ1v) is 4.42. The third-order valence-corrected chi connectivity index (χ3v) is 2.17. The van der Waals surface area contributed by atoms with Gasteiger partial charge < -0.3 is 10.1 Å². The molecule has 1 aromatic carbocycles. The zero-order valence-electron chi connectivity index (χ0n) is 7.74. The van der Waals surface area contributed by atoms with Crippen molar-refractivity contribution in [3.05, 3.63) is 24.0 Å². The van der Waals surface area contributed by atoms with Crippen LogP contribution in [0.15, 0.2) is 18.5 Å². The highest BCUT2D eigenvalue weighted by atomic mass is 16.3. The van der Waals surface area contributed by atoms with Crippen molar-refractivity contribution in [3.8, 4) is 5.75 Å².